The van der Waals surface area contributed by atoms with Gasteiger partial charge in [-0.05, 0) is 37.0 Å². The van der Waals surface area contributed by atoms with Gasteiger partial charge in [0, 0.05) is 6.54 Å². The molecule has 0 spiro atoms. The van der Waals surface area contributed by atoms with Crippen molar-refractivity contribution in [1.82, 2.24) is 14.9 Å². The summed E-state index contributed by atoms with van der Waals surface area (Å²) in [5, 5.41) is 2.91. The summed E-state index contributed by atoms with van der Waals surface area (Å²) < 4.78 is 20.4. The van der Waals surface area contributed by atoms with Gasteiger partial charge in [-0.25, -0.2) is 9.37 Å². The lowest BCUT2D eigenvalue weighted by Crippen LogP contribution is -2.35. The summed E-state index contributed by atoms with van der Waals surface area (Å²) >= 11 is 0. The number of rotatable bonds is 6. The van der Waals surface area contributed by atoms with E-state index in [2.05, 4.69) is 17.2 Å². The predicted molar refractivity (Wildman–Crippen MR) is 96.3 cm³/mol. The zero-order chi connectivity index (χ0) is 18.5. The zero-order valence-electron chi connectivity index (χ0n) is 14.9. The van der Waals surface area contributed by atoms with Crippen molar-refractivity contribution < 1.29 is 13.9 Å². The Kier molecular flexibility index (Phi) is 5.98. The third-order valence-electron chi connectivity index (χ3n) is 4.89. The molecule has 1 fully saturated rings. The highest BCUT2D eigenvalue weighted by atomic mass is 19.1. The van der Waals surface area contributed by atoms with Gasteiger partial charge in [-0.15, -0.1) is 0 Å². The number of hydrogen-bond donors (Lipinski definition) is 1. The minimum Gasteiger partial charge on any atom is -0.376 e. The maximum atomic E-state index is 13.3. The Morgan fingerprint density at radius 2 is 2.19 bits per heavy atom. The number of carbonyl (C=O) groups excluding carboxylic acids is 1. The summed E-state index contributed by atoms with van der Waals surface area (Å²) in [6.45, 7) is 2.89. The smallest absolute Gasteiger partial charge is 0.261 e. The van der Waals surface area contributed by atoms with Crippen LogP contribution in [0.2, 0.25) is 0 Å². The molecule has 3 rings (SSSR count). The van der Waals surface area contributed by atoms with E-state index in [9.17, 15) is 14.0 Å². The van der Waals surface area contributed by atoms with Gasteiger partial charge < -0.3 is 10.1 Å². The number of benzene rings is 1. The van der Waals surface area contributed by atoms with Crippen molar-refractivity contribution in [2.24, 2.45) is 5.92 Å². The molecule has 1 saturated carbocycles. The fraction of sp³-hybridized carbons (Fsp3) is 0.526. The maximum Gasteiger partial charge on any atom is 0.261 e. The molecule has 1 N–H and O–H groups in total. The van der Waals surface area contributed by atoms with Crippen molar-refractivity contribution in [2.75, 3.05) is 13.2 Å². The summed E-state index contributed by atoms with van der Waals surface area (Å²) in [4.78, 5) is 28.5. The SMILES string of the molecule is CC1CCCCC1OCCNC(=O)Cn1cnc2ccc(F)cc2c1=O. The number of aromatic nitrogens is 2. The number of ether oxygens (including phenoxy) is 1. The van der Waals surface area contributed by atoms with Gasteiger partial charge in [0.1, 0.15) is 12.4 Å². The van der Waals surface area contributed by atoms with Crippen LogP contribution in [0.1, 0.15) is 32.6 Å². The van der Waals surface area contributed by atoms with E-state index in [1.165, 1.54) is 42.3 Å². The van der Waals surface area contributed by atoms with E-state index in [0.717, 1.165) is 12.5 Å². The quantitative estimate of drug-likeness (QED) is 0.801. The topological polar surface area (TPSA) is 73.2 Å². The van der Waals surface area contributed by atoms with Crippen molar-refractivity contribution in [3.8, 4) is 0 Å². The molecule has 1 aliphatic carbocycles. The van der Waals surface area contributed by atoms with E-state index in [4.69, 9.17) is 4.74 Å². The maximum absolute atomic E-state index is 13.3. The minimum atomic E-state index is -0.507. The Labute approximate surface area is 151 Å². The second-order valence-electron chi connectivity index (χ2n) is 6.86. The van der Waals surface area contributed by atoms with Gasteiger partial charge in [0.05, 0.1) is 29.9 Å². The molecule has 1 heterocycles. The highest BCUT2D eigenvalue weighted by Gasteiger charge is 2.21. The molecule has 7 heteroatoms. The van der Waals surface area contributed by atoms with E-state index in [-0.39, 0.29) is 23.9 Å². The first-order valence-corrected chi connectivity index (χ1v) is 9.07. The monoisotopic (exact) mass is 361 g/mol. The Hall–Kier alpha value is -2.28. The van der Waals surface area contributed by atoms with Crippen molar-refractivity contribution in [3.63, 3.8) is 0 Å². The molecule has 26 heavy (non-hydrogen) atoms. The van der Waals surface area contributed by atoms with Crippen LogP contribution >= 0.6 is 0 Å². The van der Waals surface area contributed by atoms with E-state index in [1.807, 2.05) is 0 Å². The summed E-state index contributed by atoms with van der Waals surface area (Å²) in [7, 11) is 0. The van der Waals surface area contributed by atoms with Gasteiger partial charge in [0.25, 0.3) is 5.56 Å². The molecule has 0 saturated heterocycles. The number of nitrogens with zero attached hydrogens (tertiary/aromatic N) is 2. The number of carbonyl (C=O) groups is 1. The molecule has 1 aliphatic rings. The van der Waals surface area contributed by atoms with Crippen molar-refractivity contribution in [1.29, 1.82) is 0 Å². The van der Waals surface area contributed by atoms with Gasteiger partial charge in [-0.2, -0.15) is 0 Å². The van der Waals surface area contributed by atoms with E-state index in [1.54, 1.807) is 0 Å². The summed E-state index contributed by atoms with van der Waals surface area (Å²) in [6, 6.07) is 3.83. The molecule has 0 bridgehead atoms. The average Bonchev–Trinajstić information content (AvgIpc) is 2.63. The van der Waals surface area contributed by atoms with Crippen molar-refractivity contribution in [2.45, 2.75) is 45.3 Å². The highest BCUT2D eigenvalue weighted by Crippen LogP contribution is 2.25. The second kappa shape index (κ2) is 8.40. The van der Waals surface area contributed by atoms with Gasteiger partial charge in [-0.1, -0.05) is 19.8 Å². The first kappa shape index (κ1) is 18.5. The Balaban J connectivity index is 1.51. The lowest BCUT2D eigenvalue weighted by molar-refractivity contribution is -0.122. The van der Waals surface area contributed by atoms with Gasteiger partial charge in [0.2, 0.25) is 5.91 Å². The predicted octanol–water partition coefficient (Wildman–Crippen LogP) is 2.25. The lowest BCUT2D eigenvalue weighted by Gasteiger charge is -2.28. The van der Waals surface area contributed by atoms with Crippen LogP contribution in [-0.2, 0) is 16.1 Å². The largest absolute Gasteiger partial charge is 0.376 e. The molecule has 1 amide bonds. The first-order chi connectivity index (χ1) is 12.5. The van der Waals surface area contributed by atoms with E-state index >= 15 is 0 Å². The Bertz CT molecular complexity index is 836. The molecule has 140 valence electrons. The molecule has 2 atom stereocenters. The normalized spacial score (nSPS) is 20.2. The first-order valence-electron chi connectivity index (χ1n) is 9.07. The Morgan fingerprint density at radius 1 is 1.38 bits per heavy atom. The number of halogens is 1. The molecule has 1 aromatic heterocycles. The highest BCUT2D eigenvalue weighted by molar-refractivity contribution is 5.78. The van der Waals surface area contributed by atoms with Gasteiger partial charge in [0.15, 0.2) is 0 Å². The summed E-state index contributed by atoms with van der Waals surface area (Å²) in [5.74, 6) is -0.250. The van der Waals surface area contributed by atoms with Crippen LogP contribution in [0, 0.1) is 11.7 Å². The van der Waals surface area contributed by atoms with Crippen LogP contribution in [-0.4, -0.2) is 34.7 Å². The zero-order valence-corrected chi connectivity index (χ0v) is 14.9. The van der Waals surface area contributed by atoms with Gasteiger partial charge in [-0.3, -0.25) is 14.2 Å². The molecule has 0 radical (unpaired) electrons. The third-order valence-corrected chi connectivity index (χ3v) is 4.89. The molecule has 2 aromatic rings. The summed E-state index contributed by atoms with van der Waals surface area (Å²) in [5.41, 5.74) is -0.0278. The molecule has 2 unspecified atom stereocenters. The van der Waals surface area contributed by atoms with Crippen LogP contribution in [0.25, 0.3) is 10.9 Å². The standard InChI is InChI=1S/C19H24FN3O3/c1-13-4-2-3-5-17(13)26-9-8-21-18(24)11-23-12-22-16-7-6-14(20)10-15(16)19(23)25/h6-7,10,12-13,17H,2-5,8-9,11H2,1H3,(H,21,24). The number of hydrogen-bond acceptors (Lipinski definition) is 4. The van der Waals surface area contributed by atoms with Crippen molar-refractivity contribution >= 4 is 16.8 Å². The van der Waals surface area contributed by atoms with Crippen LogP contribution in [0.3, 0.4) is 0 Å². The van der Waals surface area contributed by atoms with Crippen LogP contribution in [0.5, 0.6) is 0 Å². The van der Waals surface area contributed by atoms with Crippen LogP contribution in [0.4, 0.5) is 4.39 Å². The number of nitrogens with one attached hydrogen (secondary N) is 1. The molecule has 6 nitrogen and oxygen atoms in total. The lowest BCUT2D eigenvalue weighted by atomic mass is 9.88. The van der Waals surface area contributed by atoms with Crippen LogP contribution < -0.4 is 10.9 Å². The van der Waals surface area contributed by atoms with E-state index in [0.29, 0.717) is 24.6 Å². The second-order valence-corrected chi connectivity index (χ2v) is 6.86. The molecule has 0 aliphatic heterocycles. The molecular weight excluding hydrogens is 337 g/mol. The van der Waals surface area contributed by atoms with E-state index < -0.39 is 11.4 Å². The summed E-state index contributed by atoms with van der Waals surface area (Å²) in [6.07, 6.45) is 6.29. The number of amides is 1. The van der Waals surface area contributed by atoms with Crippen molar-refractivity contribution in [3.05, 3.63) is 40.7 Å². The molecular formula is C19H24FN3O3. The van der Waals surface area contributed by atoms with Gasteiger partial charge >= 0.3 is 0 Å². The average molecular weight is 361 g/mol. The molecule has 1 aromatic carbocycles. The minimum absolute atomic E-state index is 0.155. The Morgan fingerprint density at radius 3 is 3.00 bits per heavy atom. The third kappa shape index (κ3) is 4.46. The fourth-order valence-corrected chi connectivity index (χ4v) is 3.39. The number of fused-ring (bicyclic) bond motifs is 1. The fourth-order valence-electron chi connectivity index (χ4n) is 3.39. The van der Waals surface area contributed by atoms with Crippen LogP contribution in [0.15, 0.2) is 29.3 Å².